The van der Waals surface area contributed by atoms with Crippen molar-refractivity contribution >= 4 is 11.3 Å². The Morgan fingerprint density at radius 1 is 1.26 bits per heavy atom. The Bertz CT molecular complexity index is 369. The summed E-state index contributed by atoms with van der Waals surface area (Å²) in [5.41, 5.74) is 1.23. The zero-order chi connectivity index (χ0) is 13.7. The third-order valence-electron chi connectivity index (χ3n) is 3.56. The Kier molecular flexibility index (Phi) is 5.76. The van der Waals surface area contributed by atoms with Gasteiger partial charge in [-0.2, -0.15) is 0 Å². The number of thiazole rings is 1. The number of aromatic nitrogens is 1. The van der Waals surface area contributed by atoms with Gasteiger partial charge in [-0.25, -0.2) is 4.98 Å². The van der Waals surface area contributed by atoms with E-state index in [4.69, 9.17) is 4.98 Å². The maximum absolute atomic E-state index is 4.72. The fraction of sp³-hybridized carbons (Fsp3) is 0.786. The van der Waals surface area contributed by atoms with Gasteiger partial charge in [-0.3, -0.25) is 4.90 Å². The predicted molar refractivity (Wildman–Crippen MR) is 81.5 cm³/mol. The summed E-state index contributed by atoms with van der Waals surface area (Å²) in [6.07, 6.45) is 0. The maximum Gasteiger partial charge on any atom is 0.107 e. The Morgan fingerprint density at radius 3 is 2.58 bits per heavy atom. The van der Waals surface area contributed by atoms with Crippen molar-refractivity contribution in [3.05, 3.63) is 16.1 Å². The molecule has 0 aromatic carbocycles. The molecular formula is C14H26N4S. The predicted octanol–water partition coefficient (Wildman–Crippen LogP) is 1.78. The van der Waals surface area contributed by atoms with Crippen LogP contribution in [-0.2, 0) is 13.1 Å². The van der Waals surface area contributed by atoms with Gasteiger partial charge in [0.15, 0.2) is 0 Å². The molecule has 1 fully saturated rings. The minimum atomic E-state index is 0.523. The van der Waals surface area contributed by atoms with Gasteiger partial charge in [0.25, 0.3) is 0 Å². The lowest BCUT2D eigenvalue weighted by atomic mass is 10.3. The van der Waals surface area contributed by atoms with Crippen LogP contribution in [0.2, 0.25) is 0 Å². The summed E-state index contributed by atoms with van der Waals surface area (Å²) in [5.74, 6) is 0. The van der Waals surface area contributed by atoms with Gasteiger partial charge < -0.3 is 10.2 Å². The molecule has 108 valence electrons. The summed E-state index contributed by atoms with van der Waals surface area (Å²) < 4.78 is 0. The SMILES string of the molecule is CCN1CCN(Cc2csc(CNC(C)C)n2)CC1. The fourth-order valence-corrected chi connectivity index (χ4v) is 3.02. The quantitative estimate of drug-likeness (QED) is 0.862. The van der Waals surface area contributed by atoms with Gasteiger partial charge in [0.1, 0.15) is 5.01 Å². The van der Waals surface area contributed by atoms with E-state index in [1.54, 1.807) is 11.3 Å². The van der Waals surface area contributed by atoms with Gasteiger partial charge in [0, 0.05) is 50.7 Å². The Labute approximate surface area is 120 Å². The number of hydrogen-bond donors (Lipinski definition) is 1. The van der Waals surface area contributed by atoms with Crippen molar-refractivity contribution < 1.29 is 0 Å². The highest BCUT2D eigenvalue weighted by molar-refractivity contribution is 7.09. The summed E-state index contributed by atoms with van der Waals surface area (Å²) in [7, 11) is 0. The van der Waals surface area contributed by atoms with E-state index in [9.17, 15) is 0 Å². The van der Waals surface area contributed by atoms with Gasteiger partial charge in [-0.05, 0) is 6.54 Å². The van der Waals surface area contributed by atoms with Gasteiger partial charge in [-0.1, -0.05) is 20.8 Å². The van der Waals surface area contributed by atoms with Crippen molar-refractivity contribution in [1.29, 1.82) is 0 Å². The second-order valence-corrected chi connectivity index (χ2v) is 6.42. The van der Waals surface area contributed by atoms with Gasteiger partial charge >= 0.3 is 0 Å². The van der Waals surface area contributed by atoms with Crippen LogP contribution in [0.3, 0.4) is 0 Å². The van der Waals surface area contributed by atoms with E-state index in [-0.39, 0.29) is 0 Å². The second kappa shape index (κ2) is 7.33. The van der Waals surface area contributed by atoms with Crippen LogP contribution in [0.5, 0.6) is 0 Å². The third-order valence-corrected chi connectivity index (χ3v) is 4.46. The fourth-order valence-electron chi connectivity index (χ4n) is 2.29. The minimum Gasteiger partial charge on any atom is -0.308 e. The molecule has 1 aliphatic heterocycles. The number of rotatable bonds is 6. The smallest absolute Gasteiger partial charge is 0.107 e. The summed E-state index contributed by atoms with van der Waals surface area (Å²) in [6.45, 7) is 14.4. The average molecular weight is 282 g/mol. The molecule has 1 saturated heterocycles. The molecule has 0 radical (unpaired) electrons. The second-order valence-electron chi connectivity index (χ2n) is 5.48. The molecule has 0 spiro atoms. The van der Waals surface area contributed by atoms with Gasteiger partial charge in [0.05, 0.1) is 5.69 Å². The maximum atomic E-state index is 4.72. The molecule has 0 bridgehead atoms. The number of likely N-dealkylation sites (N-methyl/N-ethyl adjacent to an activating group) is 1. The van der Waals surface area contributed by atoms with E-state index in [1.807, 2.05) is 0 Å². The highest BCUT2D eigenvalue weighted by Gasteiger charge is 2.16. The van der Waals surface area contributed by atoms with Crippen LogP contribution in [-0.4, -0.2) is 53.5 Å². The molecule has 1 aromatic rings. The van der Waals surface area contributed by atoms with Crippen LogP contribution >= 0.6 is 11.3 Å². The molecule has 1 aliphatic rings. The lowest BCUT2D eigenvalue weighted by molar-refractivity contribution is 0.131. The Morgan fingerprint density at radius 2 is 1.95 bits per heavy atom. The molecule has 0 unspecified atom stereocenters. The van der Waals surface area contributed by atoms with Gasteiger partial charge in [-0.15, -0.1) is 11.3 Å². The van der Waals surface area contributed by atoms with Crippen molar-refractivity contribution in [1.82, 2.24) is 20.1 Å². The summed E-state index contributed by atoms with van der Waals surface area (Å²) in [4.78, 5) is 9.74. The van der Waals surface area contributed by atoms with Crippen molar-refractivity contribution in [3.63, 3.8) is 0 Å². The average Bonchev–Trinajstić information content (AvgIpc) is 2.85. The van der Waals surface area contributed by atoms with Crippen LogP contribution in [0.15, 0.2) is 5.38 Å². The standard InChI is InChI=1S/C14H26N4S/c1-4-17-5-7-18(8-6-17)10-13-11-19-14(16-13)9-15-12(2)3/h11-12,15H,4-10H2,1-3H3. The first kappa shape index (κ1) is 14.9. The van der Waals surface area contributed by atoms with Crippen LogP contribution in [0, 0.1) is 0 Å². The van der Waals surface area contributed by atoms with Crippen molar-refractivity contribution in [2.75, 3.05) is 32.7 Å². The van der Waals surface area contributed by atoms with Crippen molar-refractivity contribution in [2.24, 2.45) is 0 Å². The largest absolute Gasteiger partial charge is 0.308 e. The third kappa shape index (κ3) is 4.84. The topological polar surface area (TPSA) is 31.4 Å². The van der Waals surface area contributed by atoms with E-state index in [0.717, 1.165) is 13.1 Å². The molecule has 0 atom stereocenters. The van der Waals surface area contributed by atoms with E-state index >= 15 is 0 Å². The van der Waals surface area contributed by atoms with Crippen molar-refractivity contribution in [2.45, 2.75) is 39.9 Å². The summed E-state index contributed by atoms with van der Waals surface area (Å²) in [5, 5.41) is 6.84. The highest BCUT2D eigenvalue weighted by Crippen LogP contribution is 2.13. The zero-order valence-electron chi connectivity index (χ0n) is 12.4. The van der Waals surface area contributed by atoms with E-state index in [1.165, 1.54) is 43.4 Å². The van der Waals surface area contributed by atoms with Crippen LogP contribution in [0.1, 0.15) is 31.5 Å². The number of nitrogens with zero attached hydrogens (tertiary/aromatic N) is 3. The van der Waals surface area contributed by atoms with Crippen LogP contribution in [0.4, 0.5) is 0 Å². The Balaban J connectivity index is 1.77. The lowest BCUT2D eigenvalue weighted by Crippen LogP contribution is -2.45. The molecule has 5 heteroatoms. The minimum absolute atomic E-state index is 0.523. The number of piperazine rings is 1. The molecule has 1 N–H and O–H groups in total. The van der Waals surface area contributed by atoms with Crippen molar-refractivity contribution in [3.8, 4) is 0 Å². The van der Waals surface area contributed by atoms with Crippen LogP contribution < -0.4 is 5.32 Å². The van der Waals surface area contributed by atoms with E-state index in [2.05, 4.69) is 41.3 Å². The molecule has 0 aliphatic carbocycles. The first-order valence-electron chi connectivity index (χ1n) is 7.28. The first-order valence-corrected chi connectivity index (χ1v) is 8.16. The molecule has 19 heavy (non-hydrogen) atoms. The van der Waals surface area contributed by atoms with E-state index in [0.29, 0.717) is 6.04 Å². The van der Waals surface area contributed by atoms with Crippen LogP contribution in [0.25, 0.3) is 0 Å². The first-order chi connectivity index (χ1) is 9.17. The van der Waals surface area contributed by atoms with Gasteiger partial charge in [0.2, 0.25) is 0 Å². The summed E-state index contributed by atoms with van der Waals surface area (Å²) >= 11 is 1.77. The lowest BCUT2D eigenvalue weighted by Gasteiger charge is -2.33. The molecule has 2 heterocycles. The molecule has 1 aromatic heterocycles. The number of nitrogens with one attached hydrogen (secondary N) is 1. The molecule has 0 saturated carbocycles. The monoisotopic (exact) mass is 282 g/mol. The number of hydrogen-bond acceptors (Lipinski definition) is 5. The Hall–Kier alpha value is -0.490. The summed E-state index contributed by atoms with van der Waals surface area (Å²) in [6, 6.07) is 0.523. The highest BCUT2D eigenvalue weighted by atomic mass is 32.1. The zero-order valence-corrected chi connectivity index (χ0v) is 13.2. The molecule has 0 amide bonds. The normalized spacial score (nSPS) is 18.3. The molecule has 2 rings (SSSR count). The van der Waals surface area contributed by atoms with E-state index < -0.39 is 0 Å². The molecular weight excluding hydrogens is 256 g/mol. The molecule has 4 nitrogen and oxygen atoms in total.